The van der Waals surface area contributed by atoms with Crippen LogP contribution in [-0.2, 0) is 0 Å². The molecule has 5 nitrogen and oxygen atoms in total. The third-order valence-corrected chi connectivity index (χ3v) is 2.63. The smallest absolute Gasteiger partial charge is 0.278 e. The molecule has 0 radical (unpaired) electrons. The summed E-state index contributed by atoms with van der Waals surface area (Å²) in [5.74, 6) is 0.252. The lowest BCUT2D eigenvalue weighted by Crippen LogP contribution is -2.14. The van der Waals surface area contributed by atoms with E-state index in [9.17, 15) is 4.79 Å². The van der Waals surface area contributed by atoms with Gasteiger partial charge in [0, 0.05) is 5.69 Å². The second-order valence-corrected chi connectivity index (χ2v) is 4.25. The van der Waals surface area contributed by atoms with Crippen LogP contribution < -0.4 is 5.32 Å². The number of nitrogens with zero attached hydrogens (tertiary/aromatic N) is 3. The Labute approximate surface area is 96.7 Å². The van der Waals surface area contributed by atoms with Gasteiger partial charge in [0.05, 0.1) is 4.88 Å². The van der Waals surface area contributed by atoms with Gasteiger partial charge in [0.15, 0.2) is 5.69 Å². The molecule has 2 aromatic rings. The van der Waals surface area contributed by atoms with E-state index in [0.717, 1.165) is 10.6 Å². The SMILES string of the molecule is Cc1cccc(NC(=O)c2nnsc2C)n1. The topological polar surface area (TPSA) is 67.8 Å². The van der Waals surface area contributed by atoms with Gasteiger partial charge in [-0.1, -0.05) is 10.6 Å². The van der Waals surface area contributed by atoms with Crippen molar-refractivity contribution in [1.82, 2.24) is 14.6 Å². The van der Waals surface area contributed by atoms with Crippen LogP contribution in [0.4, 0.5) is 5.82 Å². The van der Waals surface area contributed by atoms with E-state index in [1.54, 1.807) is 6.07 Å². The second-order valence-electron chi connectivity index (χ2n) is 3.30. The van der Waals surface area contributed by atoms with Gasteiger partial charge in [-0.05, 0) is 37.5 Å². The van der Waals surface area contributed by atoms with Gasteiger partial charge < -0.3 is 5.32 Å². The summed E-state index contributed by atoms with van der Waals surface area (Å²) in [7, 11) is 0. The van der Waals surface area contributed by atoms with Gasteiger partial charge >= 0.3 is 0 Å². The van der Waals surface area contributed by atoms with Crippen LogP contribution in [0.5, 0.6) is 0 Å². The number of amides is 1. The maximum absolute atomic E-state index is 11.8. The average molecular weight is 234 g/mol. The molecule has 16 heavy (non-hydrogen) atoms. The molecule has 0 aliphatic rings. The molecular weight excluding hydrogens is 224 g/mol. The highest BCUT2D eigenvalue weighted by atomic mass is 32.1. The summed E-state index contributed by atoms with van der Waals surface area (Å²) < 4.78 is 3.71. The summed E-state index contributed by atoms with van der Waals surface area (Å²) in [6.07, 6.45) is 0. The quantitative estimate of drug-likeness (QED) is 0.860. The third kappa shape index (κ3) is 2.22. The number of aryl methyl sites for hydroxylation is 2. The summed E-state index contributed by atoms with van der Waals surface area (Å²) in [6.45, 7) is 3.68. The van der Waals surface area contributed by atoms with Crippen molar-refractivity contribution >= 4 is 23.3 Å². The minimum atomic E-state index is -0.274. The highest BCUT2D eigenvalue weighted by molar-refractivity contribution is 7.05. The highest BCUT2D eigenvalue weighted by Gasteiger charge is 2.13. The summed E-state index contributed by atoms with van der Waals surface area (Å²) in [5.41, 5.74) is 1.21. The van der Waals surface area contributed by atoms with Crippen LogP contribution in [0, 0.1) is 13.8 Å². The van der Waals surface area contributed by atoms with Gasteiger partial charge in [-0.2, -0.15) is 0 Å². The molecule has 82 valence electrons. The molecule has 0 saturated carbocycles. The molecule has 0 atom stereocenters. The zero-order valence-corrected chi connectivity index (χ0v) is 9.71. The maximum atomic E-state index is 11.8. The van der Waals surface area contributed by atoms with E-state index < -0.39 is 0 Å². The van der Waals surface area contributed by atoms with E-state index in [1.165, 1.54) is 11.5 Å². The zero-order valence-electron chi connectivity index (χ0n) is 8.89. The Balaban J connectivity index is 2.17. The Hall–Kier alpha value is -1.82. The molecule has 0 spiro atoms. The molecule has 2 rings (SSSR count). The number of aromatic nitrogens is 3. The monoisotopic (exact) mass is 234 g/mol. The number of nitrogens with one attached hydrogen (secondary N) is 1. The summed E-state index contributed by atoms with van der Waals surface area (Å²) in [5, 5.41) is 6.44. The summed E-state index contributed by atoms with van der Waals surface area (Å²) >= 11 is 1.20. The molecular formula is C10H10N4OS. The molecule has 2 heterocycles. The summed E-state index contributed by atoms with van der Waals surface area (Å²) in [4.78, 5) is 16.7. The number of pyridine rings is 1. The van der Waals surface area contributed by atoms with Crippen LogP contribution in [-0.4, -0.2) is 20.5 Å². The Morgan fingerprint density at radius 2 is 2.19 bits per heavy atom. The lowest BCUT2D eigenvalue weighted by atomic mass is 10.3. The Morgan fingerprint density at radius 3 is 2.81 bits per heavy atom. The standard InChI is InChI=1S/C10H10N4OS/c1-6-4-3-5-8(11-6)12-10(15)9-7(2)16-14-13-9/h3-5H,1-2H3,(H,11,12,15). The first-order chi connectivity index (χ1) is 7.66. The van der Waals surface area contributed by atoms with E-state index in [2.05, 4.69) is 19.9 Å². The van der Waals surface area contributed by atoms with Gasteiger partial charge in [-0.25, -0.2) is 4.98 Å². The fraction of sp³-hybridized carbons (Fsp3) is 0.200. The number of hydrogen-bond donors (Lipinski definition) is 1. The van der Waals surface area contributed by atoms with Crippen LogP contribution in [0.1, 0.15) is 21.1 Å². The van der Waals surface area contributed by atoms with Crippen LogP contribution in [0.25, 0.3) is 0 Å². The van der Waals surface area contributed by atoms with Crippen LogP contribution in [0.3, 0.4) is 0 Å². The van der Waals surface area contributed by atoms with E-state index in [1.807, 2.05) is 26.0 Å². The lowest BCUT2D eigenvalue weighted by molar-refractivity contribution is 0.102. The van der Waals surface area contributed by atoms with Gasteiger partial charge in [-0.3, -0.25) is 4.79 Å². The van der Waals surface area contributed by atoms with Crippen molar-refractivity contribution in [3.8, 4) is 0 Å². The first-order valence-electron chi connectivity index (χ1n) is 4.71. The van der Waals surface area contributed by atoms with E-state index in [4.69, 9.17) is 0 Å². The van der Waals surface area contributed by atoms with Crippen molar-refractivity contribution in [3.63, 3.8) is 0 Å². The zero-order chi connectivity index (χ0) is 11.5. The first kappa shape index (κ1) is 10.7. The van der Waals surface area contributed by atoms with Crippen molar-refractivity contribution in [2.75, 3.05) is 5.32 Å². The van der Waals surface area contributed by atoms with E-state index in [-0.39, 0.29) is 5.91 Å². The van der Waals surface area contributed by atoms with Crippen LogP contribution >= 0.6 is 11.5 Å². The minimum Gasteiger partial charge on any atom is -0.305 e. The molecule has 0 aliphatic carbocycles. The first-order valence-corrected chi connectivity index (χ1v) is 5.48. The fourth-order valence-electron chi connectivity index (χ4n) is 1.23. The molecule has 6 heteroatoms. The highest BCUT2D eigenvalue weighted by Crippen LogP contribution is 2.11. The second kappa shape index (κ2) is 4.36. The molecule has 1 amide bonds. The van der Waals surface area contributed by atoms with Gasteiger partial charge in [0.2, 0.25) is 0 Å². The molecule has 0 unspecified atom stereocenters. The average Bonchev–Trinajstić information content (AvgIpc) is 2.64. The Kier molecular flexibility index (Phi) is 2.91. The molecule has 1 N–H and O–H groups in total. The largest absolute Gasteiger partial charge is 0.305 e. The van der Waals surface area contributed by atoms with Crippen molar-refractivity contribution in [2.24, 2.45) is 0 Å². The van der Waals surface area contributed by atoms with Crippen molar-refractivity contribution in [2.45, 2.75) is 13.8 Å². The number of carbonyl (C=O) groups excluding carboxylic acids is 1. The third-order valence-electron chi connectivity index (χ3n) is 2.00. The van der Waals surface area contributed by atoms with E-state index >= 15 is 0 Å². The lowest BCUT2D eigenvalue weighted by Gasteiger charge is -2.02. The fourth-order valence-corrected chi connectivity index (χ4v) is 1.69. The summed E-state index contributed by atoms with van der Waals surface area (Å²) in [6, 6.07) is 5.44. The Bertz CT molecular complexity index is 523. The van der Waals surface area contributed by atoms with Crippen molar-refractivity contribution in [1.29, 1.82) is 0 Å². The normalized spacial score (nSPS) is 10.1. The van der Waals surface area contributed by atoms with Crippen molar-refractivity contribution in [3.05, 3.63) is 34.5 Å². The van der Waals surface area contributed by atoms with Crippen molar-refractivity contribution < 1.29 is 4.79 Å². The maximum Gasteiger partial charge on any atom is 0.278 e. The number of hydrogen-bond acceptors (Lipinski definition) is 5. The van der Waals surface area contributed by atoms with Crippen LogP contribution in [0.15, 0.2) is 18.2 Å². The van der Waals surface area contributed by atoms with Gasteiger partial charge in [0.25, 0.3) is 5.91 Å². The predicted octanol–water partition coefficient (Wildman–Crippen LogP) is 1.80. The van der Waals surface area contributed by atoms with E-state index in [0.29, 0.717) is 11.5 Å². The number of anilines is 1. The van der Waals surface area contributed by atoms with Gasteiger partial charge in [0.1, 0.15) is 5.82 Å². The number of carbonyl (C=O) groups is 1. The Morgan fingerprint density at radius 1 is 1.38 bits per heavy atom. The van der Waals surface area contributed by atoms with Crippen LogP contribution in [0.2, 0.25) is 0 Å². The molecule has 0 aromatic carbocycles. The molecule has 0 saturated heterocycles. The molecule has 0 bridgehead atoms. The molecule has 0 aliphatic heterocycles. The molecule has 0 fully saturated rings. The number of rotatable bonds is 2. The predicted molar refractivity (Wildman–Crippen MR) is 61.6 cm³/mol. The van der Waals surface area contributed by atoms with Gasteiger partial charge in [-0.15, -0.1) is 5.10 Å². The minimum absolute atomic E-state index is 0.274. The molecule has 2 aromatic heterocycles.